The molecule has 5 nitrogen and oxygen atoms in total. The lowest BCUT2D eigenvalue weighted by Gasteiger charge is -2.32. The Kier molecular flexibility index (Phi) is 2.67. The van der Waals surface area contributed by atoms with Crippen molar-refractivity contribution in [3.8, 4) is 0 Å². The first-order valence-corrected chi connectivity index (χ1v) is 6.03. The van der Waals surface area contributed by atoms with Gasteiger partial charge < -0.3 is 9.64 Å². The molecule has 1 aromatic carbocycles. The molecule has 0 bridgehead atoms. The maximum absolute atomic E-state index is 13.8. The Morgan fingerprint density at radius 2 is 1.79 bits per heavy atom. The second kappa shape index (κ2) is 4.12. The van der Waals surface area contributed by atoms with Crippen molar-refractivity contribution in [2.75, 3.05) is 24.6 Å². The van der Waals surface area contributed by atoms with Crippen molar-refractivity contribution in [3.05, 3.63) is 33.9 Å². The Balaban J connectivity index is 1.86. The highest BCUT2D eigenvalue weighted by Crippen LogP contribution is 2.40. The van der Waals surface area contributed by atoms with Gasteiger partial charge in [-0.1, -0.05) is 0 Å². The van der Waals surface area contributed by atoms with Crippen LogP contribution in [0.15, 0.2) is 12.1 Å². The molecule has 0 saturated carbocycles. The van der Waals surface area contributed by atoms with Crippen LogP contribution in [0, 0.1) is 21.7 Å². The lowest BCUT2D eigenvalue weighted by atomic mass is 9.97. The van der Waals surface area contributed by atoms with E-state index in [1.807, 2.05) is 0 Å². The summed E-state index contributed by atoms with van der Waals surface area (Å²) in [5.41, 5.74) is -0.830. The molecule has 2 aliphatic rings. The number of nitro groups is 1. The summed E-state index contributed by atoms with van der Waals surface area (Å²) in [5, 5.41) is 10.5. The fourth-order valence-electron chi connectivity index (χ4n) is 2.49. The Hall–Kier alpha value is -1.76. The first-order chi connectivity index (χ1) is 9.01. The molecule has 0 radical (unpaired) electrons. The SMILES string of the molecule is O=[N+]([O-])c1cc(F)c(N2CCC3(CC2)CO3)c(F)c1. The highest BCUT2D eigenvalue weighted by Gasteiger charge is 2.47. The maximum Gasteiger partial charge on any atom is 0.275 e. The largest absolute Gasteiger partial charge is 0.369 e. The molecular formula is C12H12F2N2O3. The molecule has 0 N–H and O–H groups in total. The van der Waals surface area contributed by atoms with Gasteiger partial charge in [0.2, 0.25) is 0 Å². The molecule has 2 fully saturated rings. The summed E-state index contributed by atoms with van der Waals surface area (Å²) in [6.45, 7) is 1.70. The van der Waals surface area contributed by atoms with Crippen molar-refractivity contribution < 1.29 is 18.4 Å². The Bertz CT molecular complexity index is 513. The fraction of sp³-hybridized carbons (Fsp3) is 0.500. The summed E-state index contributed by atoms with van der Waals surface area (Å²) in [4.78, 5) is 11.3. The molecule has 2 aliphatic heterocycles. The van der Waals surface area contributed by atoms with E-state index in [0.29, 0.717) is 19.7 Å². The summed E-state index contributed by atoms with van der Waals surface area (Å²) < 4.78 is 33.0. The van der Waals surface area contributed by atoms with Gasteiger partial charge in [-0.25, -0.2) is 8.78 Å². The van der Waals surface area contributed by atoms with Crippen LogP contribution in [-0.2, 0) is 4.74 Å². The molecule has 1 aromatic rings. The van der Waals surface area contributed by atoms with E-state index in [-0.39, 0.29) is 11.3 Å². The molecule has 1 spiro atoms. The summed E-state index contributed by atoms with van der Waals surface area (Å²) in [6, 6.07) is 1.52. The van der Waals surface area contributed by atoms with Crippen molar-refractivity contribution in [1.82, 2.24) is 0 Å². The van der Waals surface area contributed by atoms with E-state index in [0.717, 1.165) is 25.0 Å². The standard InChI is InChI=1S/C12H12F2N2O3/c13-9-5-8(16(17)18)6-10(14)11(9)15-3-1-12(2-4-15)7-19-12/h5-6H,1-4,7H2. The van der Waals surface area contributed by atoms with Crippen molar-refractivity contribution in [2.24, 2.45) is 0 Å². The molecule has 0 aliphatic carbocycles. The molecule has 102 valence electrons. The molecule has 0 aromatic heterocycles. The number of halogens is 2. The third-order valence-electron chi connectivity index (χ3n) is 3.76. The van der Waals surface area contributed by atoms with Gasteiger partial charge in [-0.15, -0.1) is 0 Å². The smallest absolute Gasteiger partial charge is 0.275 e. The second-order valence-corrected chi connectivity index (χ2v) is 4.97. The van der Waals surface area contributed by atoms with E-state index < -0.39 is 22.2 Å². The molecule has 0 amide bonds. The average Bonchev–Trinajstić information content (AvgIpc) is 3.10. The van der Waals surface area contributed by atoms with E-state index in [9.17, 15) is 18.9 Å². The van der Waals surface area contributed by atoms with E-state index in [2.05, 4.69) is 0 Å². The number of ether oxygens (including phenoxy) is 1. The lowest BCUT2D eigenvalue weighted by Crippen LogP contribution is -2.38. The highest BCUT2D eigenvalue weighted by atomic mass is 19.1. The van der Waals surface area contributed by atoms with Gasteiger partial charge in [0.25, 0.3) is 5.69 Å². The van der Waals surface area contributed by atoms with E-state index in [1.54, 1.807) is 4.90 Å². The topological polar surface area (TPSA) is 58.9 Å². The minimum absolute atomic E-state index is 0.0791. The Morgan fingerprint density at radius 1 is 1.26 bits per heavy atom. The van der Waals surface area contributed by atoms with Crippen molar-refractivity contribution in [2.45, 2.75) is 18.4 Å². The van der Waals surface area contributed by atoms with E-state index in [4.69, 9.17) is 4.74 Å². The van der Waals surface area contributed by atoms with Gasteiger partial charge in [-0.05, 0) is 12.8 Å². The number of nitro benzene ring substituents is 1. The minimum Gasteiger partial charge on any atom is -0.369 e. The maximum atomic E-state index is 13.8. The molecule has 2 heterocycles. The number of rotatable bonds is 2. The van der Waals surface area contributed by atoms with Crippen molar-refractivity contribution >= 4 is 11.4 Å². The summed E-state index contributed by atoms with van der Waals surface area (Å²) in [5.74, 6) is -1.78. The van der Waals surface area contributed by atoms with Crippen LogP contribution in [0.1, 0.15) is 12.8 Å². The average molecular weight is 270 g/mol. The highest BCUT2D eigenvalue weighted by molar-refractivity contribution is 5.54. The zero-order valence-electron chi connectivity index (χ0n) is 10.1. The monoisotopic (exact) mass is 270 g/mol. The number of non-ortho nitro benzene ring substituents is 1. The fourth-order valence-corrected chi connectivity index (χ4v) is 2.49. The first-order valence-electron chi connectivity index (χ1n) is 6.03. The number of hydrogen-bond acceptors (Lipinski definition) is 4. The van der Waals surface area contributed by atoms with Crippen LogP contribution in [0.4, 0.5) is 20.2 Å². The molecule has 3 rings (SSSR count). The molecule has 2 saturated heterocycles. The van der Waals surface area contributed by atoms with E-state index in [1.165, 1.54) is 0 Å². The van der Waals surface area contributed by atoms with Gasteiger partial charge in [0.05, 0.1) is 29.3 Å². The molecular weight excluding hydrogens is 258 g/mol. The van der Waals surface area contributed by atoms with Crippen molar-refractivity contribution in [3.63, 3.8) is 0 Å². The van der Waals surface area contributed by atoms with Crippen LogP contribution in [0.2, 0.25) is 0 Å². The van der Waals surface area contributed by atoms with Gasteiger partial charge in [0, 0.05) is 13.1 Å². The van der Waals surface area contributed by atoms with Crippen LogP contribution in [0.5, 0.6) is 0 Å². The van der Waals surface area contributed by atoms with Gasteiger partial charge >= 0.3 is 0 Å². The quantitative estimate of drug-likeness (QED) is 0.470. The number of hydrogen-bond donors (Lipinski definition) is 0. The van der Waals surface area contributed by atoms with Crippen molar-refractivity contribution in [1.29, 1.82) is 0 Å². The van der Waals surface area contributed by atoms with Gasteiger partial charge in [0.15, 0.2) is 11.6 Å². The number of epoxide rings is 1. The zero-order chi connectivity index (χ0) is 13.6. The molecule has 0 unspecified atom stereocenters. The molecule has 19 heavy (non-hydrogen) atoms. The predicted octanol–water partition coefficient (Wildman–Crippen LogP) is 2.24. The van der Waals surface area contributed by atoms with Crippen LogP contribution in [0.25, 0.3) is 0 Å². The van der Waals surface area contributed by atoms with Gasteiger partial charge in [0.1, 0.15) is 5.69 Å². The molecule has 0 atom stereocenters. The third kappa shape index (κ3) is 2.14. The Labute approximate surface area is 107 Å². The first kappa shape index (κ1) is 12.3. The number of nitrogens with zero attached hydrogens (tertiary/aromatic N) is 2. The second-order valence-electron chi connectivity index (χ2n) is 4.97. The zero-order valence-corrected chi connectivity index (χ0v) is 10.1. The van der Waals surface area contributed by atoms with Gasteiger partial charge in [-0.3, -0.25) is 10.1 Å². The summed E-state index contributed by atoms with van der Waals surface area (Å²) in [7, 11) is 0. The van der Waals surface area contributed by atoms with Gasteiger partial charge in [-0.2, -0.15) is 0 Å². The number of benzene rings is 1. The third-order valence-corrected chi connectivity index (χ3v) is 3.76. The Morgan fingerprint density at radius 3 is 2.21 bits per heavy atom. The molecule has 7 heteroatoms. The lowest BCUT2D eigenvalue weighted by molar-refractivity contribution is -0.385. The van der Waals surface area contributed by atoms with Crippen LogP contribution < -0.4 is 4.90 Å². The van der Waals surface area contributed by atoms with Crippen LogP contribution in [0.3, 0.4) is 0 Å². The normalized spacial score (nSPS) is 20.6. The van der Waals surface area contributed by atoms with E-state index >= 15 is 0 Å². The van der Waals surface area contributed by atoms with Crippen LogP contribution >= 0.6 is 0 Å². The number of piperidine rings is 1. The summed E-state index contributed by atoms with van der Waals surface area (Å²) >= 11 is 0. The summed E-state index contributed by atoms with van der Waals surface area (Å²) in [6.07, 6.45) is 1.45. The predicted molar refractivity (Wildman–Crippen MR) is 63.1 cm³/mol. The number of anilines is 1. The van der Waals surface area contributed by atoms with Crippen LogP contribution in [-0.4, -0.2) is 30.2 Å². The minimum atomic E-state index is -0.889.